The Labute approximate surface area is 113 Å². The van der Waals surface area contributed by atoms with E-state index in [4.69, 9.17) is 5.73 Å². The summed E-state index contributed by atoms with van der Waals surface area (Å²) in [5.74, 6) is 0.908. The average Bonchev–Trinajstić information content (AvgIpc) is 2.77. The summed E-state index contributed by atoms with van der Waals surface area (Å²) in [6.45, 7) is 2.64. The summed E-state index contributed by atoms with van der Waals surface area (Å²) < 4.78 is 1.48. The highest BCUT2D eigenvalue weighted by molar-refractivity contribution is 5.75. The van der Waals surface area contributed by atoms with Crippen molar-refractivity contribution in [2.45, 2.75) is 44.8 Å². The van der Waals surface area contributed by atoms with Crippen LogP contribution < -0.4 is 11.1 Å². The topological polar surface area (TPSA) is 93.2 Å². The number of hydrogen-bond acceptors (Lipinski definition) is 4. The van der Waals surface area contributed by atoms with Crippen molar-refractivity contribution in [2.75, 3.05) is 12.3 Å². The summed E-state index contributed by atoms with van der Waals surface area (Å²) in [5.41, 5.74) is 4.73. The molecule has 1 heterocycles. The number of nitrogens with zero attached hydrogens (tertiary/aromatic N) is 2. The molecule has 0 unspecified atom stereocenters. The van der Waals surface area contributed by atoms with Gasteiger partial charge in [0, 0.05) is 12.7 Å². The van der Waals surface area contributed by atoms with E-state index in [0.717, 1.165) is 25.7 Å². The molecule has 0 aliphatic heterocycles. The lowest BCUT2D eigenvalue weighted by Crippen LogP contribution is -2.45. The molecule has 1 amide bonds. The van der Waals surface area contributed by atoms with Crippen molar-refractivity contribution in [1.82, 2.24) is 15.1 Å². The standard InChI is InChI=1S/C13H22N4O2/c1-10-2-5-13(19,6-3-10)9-15-12(18)8-17-7-4-11(14)16-17/h4,7,10,19H,2-3,5-6,8-9H2,1H3,(H2,14,16)(H,15,18). The summed E-state index contributed by atoms with van der Waals surface area (Å²) in [5, 5.41) is 17.1. The van der Waals surface area contributed by atoms with Crippen molar-refractivity contribution in [3.63, 3.8) is 0 Å². The Hall–Kier alpha value is -1.56. The molecule has 1 fully saturated rings. The predicted molar refractivity (Wildman–Crippen MR) is 72.2 cm³/mol. The second kappa shape index (κ2) is 5.61. The van der Waals surface area contributed by atoms with Gasteiger partial charge in [-0.05, 0) is 37.7 Å². The van der Waals surface area contributed by atoms with Crippen LogP contribution in [-0.4, -0.2) is 32.9 Å². The normalized spacial score (nSPS) is 27.2. The molecule has 0 bridgehead atoms. The van der Waals surface area contributed by atoms with Gasteiger partial charge >= 0.3 is 0 Å². The minimum absolute atomic E-state index is 0.129. The van der Waals surface area contributed by atoms with Crippen LogP contribution in [0.2, 0.25) is 0 Å². The van der Waals surface area contributed by atoms with E-state index in [0.29, 0.717) is 18.3 Å². The third-order valence-electron chi connectivity index (χ3n) is 3.79. The van der Waals surface area contributed by atoms with Gasteiger partial charge < -0.3 is 16.2 Å². The van der Waals surface area contributed by atoms with Crippen LogP contribution in [0.25, 0.3) is 0 Å². The average molecular weight is 266 g/mol. The van der Waals surface area contributed by atoms with E-state index in [1.54, 1.807) is 12.3 Å². The summed E-state index contributed by atoms with van der Waals surface area (Å²) >= 11 is 0. The molecule has 1 aliphatic rings. The van der Waals surface area contributed by atoms with Crippen molar-refractivity contribution in [1.29, 1.82) is 0 Å². The highest BCUT2D eigenvalue weighted by atomic mass is 16.3. The summed E-state index contributed by atoms with van der Waals surface area (Å²) in [7, 11) is 0. The van der Waals surface area contributed by atoms with Crippen molar-refractivity contribution < 1.29 is 9.90 Å². The molecule has 0 spiro atoms. The van der Waals surface area contributed by atoms with Crippen LogP contribution in [0.1, 0.15) is 32.6 Å². The first-order valence-electron chi connectivity index (χ1n) is 6.75. The zero-order valence-corrected chi connectivity index (χ0v) is 11.3. The Morgan fingerprint density at radius 2 is 2.32 bits per heavy atom. The van der Waals surface area contributed by atoms with Crippen LogP contribution in [0.3, 0.4) is 0 Å². The Bertz CT molecular complexity index is 436. The Morgan fingerprint density at radius 1 is 1.63 bits per heavy atom. The maximum atomic E-state index is 11.7. The fourth-order valence-corrected chi connectivity index (χ4v) is 2.41. The molecule has 0 saturated heterocycles. The molecular weight excluding hydrogens is 244 g/mol. The van der Waals surface area contributed by atoms with Gasteiger partial charge in [-0.1, -0.05) is 6.92 Å². The third-order valence-corrected chi connectivity index (χ3v) is 3.79. The number of nitrogen functional groups attached to an aromatic ring is 1. The maximum absolute atomic E-state index is 11.7. The lowest BCUT2D eigenvalue weighted by molar-refractivity contribution is -0.123. The first-order chi connectivity index (χ1) is 8.97. The van der Waals surface area contributed by atoms with Gasteiger partial charge in [0.2, 0.25) is 5.91 Å². The van der Waals surface area contributed by atoms with E-state index in [1.807, 2.05) is 0 Å². The molecular formula is C13H22N4O2. The van der Waals surface area contributed by atoms with Gasteiger partial charge in [-0.3, -0.25) is 9.48 Å². The number of carbonyl (C=O) groups excluding carboxylic acids is 1. The van der Waals surface area contributed by atoms with Crippen molar-refractivity contribution in [3.05, 3.63) is 12.3 Å². The second-order valence-electron chi connectivity index (χ2n) is 5.62. The fraction of sp³-hybridized carbons (Fsp3) is 0.692. The number of anilines is 1. The van der Waals surface area contributed by atoms with Crippen molar-refractivity contribution in [2.24, 2.45) is 5.92 Å². The number of aromatic nitrogens is 2. The summed E-state index contributed by atoms with van der Waals surface area (Å²) in [4.78, 5) is 11.7. The van der Waals surface area contributed by atoms with Crippen LogP contribution in [0.15, 0.2) is 12.3 Å². The molecule has 0 radical (unpaired) electrons. The molecule has 6 heteroatoms. The monoisotopic (exact) mass is 266 g/mol. The van der Waals surface area contributed by atoms with Gasteiger partial charge in [0.1, 0.15) is 12.4 Å². The fourth-order valence-electron chi connectivity index (χ4n) is 2.41. The molecule has 6 nitrogen and oxygen atoms in total. The SMILES string of the molecule is CC1CCC(O)(CNC(=O)Cn2ccc(N)n2)CC1. The molecule has 1 aromatic rings. The third kappa shape index (κ3) is 3.96. The molecule has 0 atom stereocenters. The van der Waals surface area contributed by atoms with Gasteiger partial charge in [0.05, 0.1) is 5.60 Å². The van der Waals surface area contributed by atoms with Crippen LogP contribution >= 0.6 is 0 Å². The number of carbonyl (C=O) groups is 1. The molecule has 1 saturated carbocycles. The number of nitrogens with one attached hydrogen (secondary N) is 1. The minimum atomic E-state index is -0.745. The zero-order chi connectivity index (χ0) is 13.9. The van der Waals surface area contributed by atoms with Crippen LogP contribution in [0.5, 0.6) is 0 Å². The maximum Gasteiger partial charge on any atom is 0.241 e. The van der Waals surface area contributed by atoms with E-state index in [1.165, 1.54) is 4.68 Å². The molecule has 1 aromatic heterocycles. The number of amides is 1. The zero-order valence-electron chi connectivity index (χ0n) is 11.3. The highest BCUT2D eigenvalue weighted by Crippen LogP contribution is 2.31. The van der Waals surface area contributed by atoms with E-state index in [9.17, 15) is 9.90 Å². The lowest BCUT2D eigenvalue weighted by Gasteiger charge is -2.34. The Kier molecular flexibility index (Phi) is 4.09. The number of nitrogens with two attached hydrogens (primary N) is 1. The summed E-state index contributed by atoms with van der Waals surface area (Å²) in [6.07, 6.45) is 5.20. The predicted octanol–water partition coefficient (Wildman–Crippen LogP) is 0.523. The molecule has 1 aliphatic carbocycles. The van der Waals surface area contributed by atoms with Crippen LogP contribution in [0, 0.1) is 5.92 Å². The quantitative estimate of drug-likeness (QED) is 0.740. The van der Waals surface area contributed by atoms with Crippen LogP contribution in [0.4, 0.5) is 5.82 Å². The Balaban J connectivity index is 1.77. The number of aliphatic hydroxyl groups is 1. The van der Waals surface area contributed by atoms with E-state index in [2.05, 4.69) is 17.3 Å². The van der Waals surface area contributed by atoms with Gasteiger partial charge in [0.25, 0.3) is 0 Å². The second-order valence-corrected chi connectivity index (χ2v) is 5.62. The minimum Gasteiger partial charge on any atom is -0.388 e. The summed E-state index contributed by atoms with van der Waals surface area (Å²) in [6, 6.07) is 1.64. The first-order valence-corrected chi connectivity index (χ1v) is 6.75. The number of rotatable bonds is 4. The van der Waals surface area contributed by atoms with Gasteiger partial charge in [0.15, 0.2) is 0 Å². The van der Waals surface area contributed by atoms with Gasteiger partial charge in [-0.15, -0.1) is 0 Å². The molecule has 19 heavy (non-hydrogen) atoms. The molecule has 0 aromatic carbocycles. The van der Waals surface area contributed by atoms with Crippen LogP contribution in [-0.2, 0) is 11.3 Å². The molecule has 106 valence electrons. The lowest BCUT2D eigenvalue weighted by atomic mass is 9.79. The largest absolute Gasteiger partial charge is 0.388 e. The van der Waals surface area contributed by atoms with E-state index >= 15 is 0 Å². The first kappa shape index (κ1) is 13.9. The van der Waals surface area contributed by atoms with Crippen molar-refractivity contribution >= 4 is 11.7 Å². The van der Waals surface area contributed by atoms with E-state index in [-0.39, 0.29) is 12.5 Å². The Morgan fingerprint density at radius 3 is 2.89 bits per heavy atom. The molecule has 2 rings (SSSR count). The number of hydrogen-bond donors (Lipinski definition) is 3. The van der Waals surface area contributed by atoms with E-state index < -0.39 is 5.60 Å². The highest BCUT2D eigenvalue weighted by Gasteiger charge is 2.31. The smallest absolute Gasteiger partial charge is 0.241 e. The van der Waals surface area contributed by atoms with Crippen molar-refractivity contribution in [3.8, 4) is 0 Å². The van der Waals surface area contributed by atoms with Gasteiger partial charge in [-0.25, -0.2) is 0 Å². The molecule has 4 N–H and O–H groups in total. The van der Waals surface area contributed by atoms with Gasteiger partial charge in [-0.2, -0.15) is 5.10 Å².